The van der Waals surface area contributed by atoms with E-state index in [4.69, 9.17) is 10.5 Å². The highest BCUT2D eigenvalue weighted by Crippen LogP contribution is 2.42. The van der Waals surface area contributed by atoms with E-state index in [0.717, 1.165) is 38.4 Å². The summed E-state index contributed by atoms with van der Waals surface area (Å²) in [6.07, 6.45) is 6.04. The van der Waals surface area contributed by atoms with Crippen molar-refractivity contribution >= 4 is 6.09 Å². The van der Waals surface area contributed by atoms with Crippen molar-refractivity contribution in [3.63, 3.8) is 0 Å². The Bertz CT molecular complexity index is 334. The van der Waals surface area contributed by atoms with Crippen LogP contribution in [0.1, 0.15) is 52.9 Å². The molecule has 2 N–H and O–H groups in total. The van der Waals surface area contributed by atoms with E-state index in [1.807, 2.05) is 25.7 Å². The van der Waals surface area contributed by atoms with Gasteiger partial charge in [-0.15, -0.1) is 0 Å². The van der Waals surface area contributed by atoms with Crippen molar-refractivity contribution in [1.82, 2.24) is 4.90 Å². The summed E-state index contributed by atoms with van der Waals surface area (Å²) in [7, 11) is 0. The molecule has 0 radical (unpaired) electrons. The molecule has 1 aliphatic carbocycles. The van der Waals surface area contributed by atoms with E-state index in [1.54, 1.807) is 0 Å². The third-order valence-corrected chi connectivity index (χ3v) is 4.75. The van der Waals surface area contributed by atoms with Gasteiger partial charge in [-0.05, 0) is 57.9 Å². The zero-order valence-corrected chi connectivity index (χ0v) is 13.2. The fourth-order valence-electron chi connectivity index (χ4n) is 3.50. The number of amides is 1. The first-order valence-corrected chi connectivity index (χ1v) is 8.08. The normalized spacial score (nSPS) is 28.1. The summed E-state index contributed by atoms with van der Waals surface area (Å²) in [6.45, 7) is 8.23. The molecule has 1 saturated carbocycles. The van der Waals surface area contributed by atoms with Crippen LogP contribution in [0.25, 0.3) is 0 Å². The lowest BCUT2D eigenvalue weighted by Gasteiger charge is -2.45. The number of nitrogens with zero attached hydrogens (tertiary/aromatic N) is 1. The first-order valence-electron chi connectivity index (χ1n) is 8.08. The number of carbonyl (C=O) groups excluding carboxylic acids is 1. The summed E-state index contributed by atoms with van der Waals surface area (Å²) >= 11 is 0. The van der Waals surface area contributed by atoms with Crippen molar-refractivity contribution in [2.24, 2.45) is 23.5 Å². The summed E-state index contributed by atoms with van der Waals surface area (Å²) < 4.78 is 5.51. The molecule has 4 nitrogen and oxygen atoms in total. The lowest BCUT2D eigenvalue weighted by atomic mass is 9.67. The van der Waals surface area contributed by atoms with Crippen LogP contribution in [0.4, 0.5) is 4.79 Å². The Kier molecular flexibility index (Phi) is 4.95. The maximum Gasteiger partial charge on any atom is 0.410 e. The number of piperidine rings is 1. The molecule has 0 bridgehead atoms. The Hall–Kier alpha value is -0.770. The molecule has 2 atom stereocenters. The lowest BCUT2D eigenvalue weighted by Crippen LogP contribution is -2.49. The minimum absolute atomic E-state index is 0.145. The van der Waals surface area contributed by atoms with Gasteiger partial charge in [0.05, 0.1) is 0 Å². The zero-order valence-electron chi connectivity index (χ0n) is 13.2. The summed E-state index contributed by atoms with van der Waals surface area (Å²) in [6, 6.07) is 0. The minimum atomic E-state index is -0.406. The maximum absolute atomic E-state index is 12.2. The second-order valence-corrected chi connectivity index (χ2v) is 7.41. The summed E-state index contributed by atoms with van der Waals surface area (Å²) in [5.74, 6) is 2.13. The molecule has 20 heavy (non-hydrogen) atoms. The van der Waals surface area contributed by atoms with Gasteiger partial charge in [-0.2, -0.15) is 0 Å². The quantitative estimate of drug-likeness (QED) is 0.865. The van der Waals surface area contributed by atoms with Gasteiger partial charge in [0.1, 0.15) is 5.60 Å². The third-order valence-electron chi connectivity index (χ3n) is 4.75. The molecule has 2 fully saturated rings. The molecule has 2 unspecified atom stereocenters. The van der Waals surface area contributed by atoms with Gasteiger partial charge in [0.25, 0.3) is 0 Å². The highest BCUT2D eigenvalue weighted by atomic mass is 16.6. The number of ether oxygens (including phenoxy) is 1. The Labute approximate surface area is 123 Å². The monoisotopic (exact) mass is 282 g/mol. The average Bonchev–Trinajstić information content (AvgIpc) is 2.27. The SMILES string of the molecule is CC(C)(C)OC(=O)N1CCC(CCN)C(C2CCC2)C1. The second-order valence-electron chi connectivity index (χ2n) is 7.41. The van der Waals surface area contributed by atoms with Crippen molar-refractivity contribution in [1.29, 1.82) is 0 Å². The largest absolute Gasteiger partial charge is 0.444 e. The van der Waals surface area contributed by atoms with Gasteiger partial charge >= 0.3 is 6.09 Å². The Morgan fingerprint density at radius 1 is 1.30 bits per heavy atom. The number of hydrogen-bond acceptors (Lipinski definition) is 3. The van der Waals surface area contributed by atoms with E-state index in [1.165, 1.54) is 19.3 Å². The van der Waals surface area contributed by atoms with Crippen LogP contribution in [0.3, 0.4) is 0 Å². The van der Waals surface area contributed by atoms with Crippen LogP contribution < -0.4 is 5.73 Å². The van der Waals surface area contributed by atoms with Gasteiger partial charge in [-0.3, -0.25) is 0 Å². The van der Waals surface area contributed by atoms with Crippen molar-refractivity contribution < 1.29 is 9.53 Å². The molecule has 2 rings (SSSR count). The van der Waals surface area contributed by atoms with Gasteiger partial charge in [-0.25, -0.2) is 4.79 Å². The van der Waals surface area contributed by atoms with E-state index in [2.05, 4.69) is 0 Å². The summed E-state index contributed by atoms with van der Waals surface area (Å²) in [5.41, 5.74) is 5.35. The first-order chi connectivity index (χ1) is 9.40. The van der Waals surface area contributed by atoms with Crippen LogP contribution in [0, 0.1) is 17.8 Å². The van der Waals surface area contributed by atoms with Crippen molar-refractivity contribution in [2.45, 2.75) is 58.5 Å². The summed E-state index contributed by atoms with van der Waals surface area (Å²) in [5, 5.41) is 0. The molecule has 4 heteroatoms. The van der Waals surface area contributed by atoms with Gasteiger partial charge < -0.3 is 15.4 Å². The van der Waals surface area contributed by atoms with Crippen molar-refractivity contribution in [3.8, 4) is 0 Å². The number of carbonyl (C=O) groups is 1. The van der Waals surface area contributed by atoms with Gasteiger partial charge in [-0.1, -0.05) is 19.3 Å². The smallest absolute Gasteiger partial charge is 0.410 e. The predicted molar refractivity (Wildman–Crippen MR) is 80.4 cm³/mol. The fraction of sp³-hybridized carbons (Fsp3) is 0.938. The number of likely N-dealkylation sites (tertiary alicyclic amines) is 1. The van der Waals surface area contributed by atoms with Crippen LogP contribution in [0.5, 0.6) is 0 Å². The number of nitrogens with two attached hydrogens (primary N) is 1. The lowest BCUT2D eigenvalue weighted by molar-refractivity contribution is -0.00410. The number of hydrogen-bond donors (Lipinski definition) is 1. The Balaban J connectivity index is 1.95. The van der Waals surface area contributed by atoms with Gasteiger partial charge in [0.2, 0.25) is 0 Å². The van der Waals surface area contributed by atoms with E-state index in [9.17, 15) is 4.79 Å². The topological polar surface area (TPSA) is 55.6 Å². The third kappa shape index (κ3) is 3.87. The molecule has 1 amide bonds. The van der Waals surface area contributed by atoms with Crippen LogP contribution in [-0.2, 0) is 4.74 Å². The van der Waals surface area contributed by atoms with Gasteiger partial charge in [0, 0.05) is 13.1 Å². The van der Waals surface area contributed by atoms with Gasteiger partial charge in [0.15, 0.2) is 0 Å². The van der Waals surface area contributed by atoms with E-state index in [0.29, 0.717) is 11.8 Å². The van der Waals surface area contributed by atoms with Crippen molar-refractivity contribution in [3.05, 3.63) is 0 Å². The molecular weight excluding hydrogens is 252 g/mol. The Morgan fingerprint density at radius 3 is 2.50 bits per heavy atom. The molecule has 1 saturated heterocycles. The maximum atomic E-state index is 12.2. The van der Waals surface area contributed by atoms with Crippen LogP contribution in [0.15, 0.2) is 0 Å². The molecule has 0 aromatic heterocycles. The Morgan fingerprint density at radius 2 is 2.00 bits per heavy atom. The predicted octanol–water partition coefficient (Wildman–Crippen LogP) is 3.01. The minimum Gasteiger partial charge on any atom is -0.444 e. The molecular formula is C16H30N2O2. The summed E-state index contributed by atoms with van der Waals surface area (Å²) in [4.78, 5) is 14.1. The van der Waals surface area contributed by atoms with E-state index >= 15 is 0 Å². The standard InChI is InChI=1S/C16H30N2O2/c1-16(2,3)20-15(19)18-10-8-13(7-9-17)14(11-18)12-5-4-6-12/h12-14H,4-11,17H2,1-3H3. The first kappa shape index (κ1) is 15.6. The average molecular weight is 282 g/mol. The highest BCUT2D eigenvalue weighted by molar-refractivity contribution is 5.68. The molecule has 0 aromatic rings. The zero-order chi connectivity index (χ0) is 14.8. The van der Waals surface area contributed by atoms with Crippen LogP contribution in [-0.4, -0.2) is 36.2 Å². The molecule has 2 aliphatic rings. The van der Waals surface area contributed by atoms with Crippen molar-refractivity contribution in [2.75, 3.05) is 19.6 Å². The van der Waals surface area contributed by atoms with E-state index in [-0.39, 0.29) is 6.09 Å². The molecule has 0 spiro atoms. The van der Waals surface area contributed by atoms with Crippen LogP contribution in [0.2, 0.25) is 0 Å². The second kappa shape index (κ2) is 6.33. The van der Waals surface area contributed by atoms with Crippen LogP contribution >= 0.6 is 0 Å². The molecule has 1 heterocycles. The van der Waals surface area contributed by atoms with E-state index < -0.39 is 5.60 Å². The molecule has 0 aromatic carbocycles. The fourth-order valence-corrected chi connectivity index (χ4v) is 3.50. The molecule has 116 valence electrons. The number of rotatable bonds is 3. The molecule has 1 aliphatic heterocycles. The highest BCUT2D eigenvalue weighted by Gasteiger charge is 2.39.